The highest BCUT2D eigenvalue weighted by Gasteiger charge is 2.36. The van der Waals surface area contributed by atoms with Gasteiger partial charge in [-0.15, -0.1) is 0 Å². The van der Waals surface area contributed by atoms with Crippen molar-refractivity contribution in [3.63, 3.8) is 0 Å². The zero-order valence-corrected chi connectivity index (χ0v) is 12.6. The Kier molecular flexibility index (Phi) is 4.76. The van der Waals surface area contributed by atoms with Crippen molar-refractivity contribution in [2.24, 2.45) is 5.73 Å². The third-order valence-electron chi connectivity index (χ3n) is 3.67. The number of likely N-dealkylation sites (tertiary alicyclic amines) is 1. The van der Waals surface area contributed by atoms with Crippen LogP contribution in [0.4, 0.5) is 4.39 Å². The fraction of sp³-hybridized carbons (Fsp3) is 0.538. The second-order valence-corrected chi connectivity index (χ2v) is 6.48. The molecule has 0 atom stereocenters. The molecule has 0 aliphatic carbocycles. The Morgan fingerprint density at radius 2 is 2.21 bits per heavy atom. The molecule has 1 fully saturated rings. The number of hydrogen-bond acceptors (Lipinski definition) is 4. The van der Waals surface area contributed by atoms with Crippen molar-refractivity contribution in [3.05, 3.63) is 29.8 Å². The normalized spacial score (nSPS) is 19.3. The summed E-state index contributed by atoms with van der Waals surface area (Å²) in [5.41, 5.74) is 6.77. The summed E-state index contributed by atoms with van der Waals surface area (Å²) in [6, 6.07) is 1.54. The van der Waals surface area contributed by atoms with E-state index in [0.29, 0.717) is 4.99 Å². The maximum Gasteiger partial charge on any atom is 0.141 e. The number of halogens is 1. The van der Waals surface area contributed by atoms with Crippen LogP contribution in [-0.4, -0.2) is 39.0 Å². The summed E-state index contributed by atoms with van der Waals surface area (Å²) >= 11 is 6.94. The lowest BCUT2D eigenvalue weighted by Gasteiger charge is -2.40. The van der Waals surface area contributed by atoms with Crippen LogP contribution in [0.2, 0.25) is 0 Å². The largest absolute Gasteiger partial charge is 0.392 e. The summed E-state index contributed by atoms with van der Waals surface area (Å²) in [5.74, 6) is -0.281. The number of pyridine rings is 1. The zero-order chi connectivity index (χ0) is 13.9. The van der Waals surface area contributed by atoms with E-state index in [0.717, 1.165) is 38.0 Å². The molecule has 2 rings (SSSR count). The van der Waals surface area contributed by atoms with E-state index in [1.54, 1.807) is 18.0 Å². The first-order valence-electron chi connectivity index (χ1n) is 6.22. The fourth-order valence-electron chi connectivity index (χ4n) is 2.42. The van der Waals surface area contributed by atoms with E-state index in [2.05, 4.69) is 16.1 Å². The predicted molar refractivity (Wildman–Crippen MR) is 81.7 cm³/mol. The highest BCUT2D eigenvalue weighted by molar-refractivity contribution is 8.02. The van der Waals surface area contributed by atoms with E-state index in [9.17, 15) is 4.39 Å². The first-order valence-corrected chi connectivity index (χ1v) is 7.86. The summed E-state index contributed by atoms with van der Waals surface area (Å²) in [7, 11) is 0. The first-order chi connectivity index (χ1) is 9.05. The van der Waals surface area contributed by atoms with Crippen LogP contribution < -0.4 is 5.73 Å². The molecule has 0 radical (unpaired) electrons. The minimum atomic E-state index is -0.281. The summed E-state index contributed by atoms with van der Waals surface area (Å²) in [6.45, 7) is 2.58. The molecule has 19 heavy (non-hydrogen) atoms. The van der Waals surface area contributed by atoms with Gasteiger partial charge in [0.15, 0.2) is 0 Å². The van der Waals surface area contributed by atoms with Crippen LogP contribution >= 0.6 is 24.0 Å². The lowest BCUT2D eigenvalue weighted by atomic mass is 9.95. The molecule has 0 aromatic carbocycles. The van der Waals surface area contributed by atoms with Crippen molar-refractivity contribution in [2.75, 3.05) is 19.3 Å². The summed E-state index contributed by atoms with van der Waals surface area (Å²) in [5, 5.41) is 0. The molecule has 0 amide bonds. The van der Waals surface area contributed by atoms with Gasteiger partial charge in [-0.2, -0.15) is 11.8 Å². The summed E-state index contributed by atoms with van der Waals surface area (Å²) in [4.78, 5) is 6.77. The average Bonchev–Trinajstić information content (AvgIpc) is 2.39. The number of nitrogens with two attached hydrogens (primary N) is 1. The Morgan fingerprint density at radius 1 is 1.53 bits per heavy atom. The number of thiocarbonyl (C=S) groups is 1. The van der Waals surface area contributed by atoms with Crippen LogP contribution in [0.5, 0.6) is 0 Å². The Bertz CT molecular complexity index is 459. The number of rotatable bonds is 4. The van der Waals surface area contributed by atoms with Crippen LogP contribution in [0.25, 0.3) is 0 Å². The molecule has 2 N–H and O–H groups in total. The van der Waals surface area contributed by atoms with Gasteiger partial charge in [-0.3, -0.25) is 9.88 Å². The zero-order valence-electron chi connectivity index (χ0n) is 10.9. The monoisotopic (exact) mass is 299 g/mol. The Hall–Kier alpha value is -0.720. The molecule has 0 spiro atoms. The fourth-order valence-corrected chi connectivity index (χ4v) is 3.67. The van der Waals surface area contributed by atoms with Gasteiger partial charge in [0.05, 0.1) is 15.9 Å². The molecule has 1 aromatic rings. The highest BCUT2D eigenvalue weighted by Crippen LogP contribution is 2.35. The predicted octanol–water partition coefficient (Wildman–Crippen LogP) is 2.20. The minimum Gasteiger partial charge on any atom is -0.392 e. The number of hydrogen-bond donors (Lipinski definition) is 1. The van der Waals surface area contributed by atoms with Gasteiger partial charge in [0.25, 0.3) is 0 Å². The molecule has 0 saturated carbocycles. The van der Waals surface area contributed by atoms with E-state index in [1.807, 2.05) is 0 Å². The molecule has 104 valence electrons. The molecule has 1 aliphatic heterocycles. The molecule has 3 nitrogen and oxygen atoms in total. The quantitative estimate of drug-likeness (QED) is 0.863. The number of aromatic nitrogens is 1. The third kappa shape index (κ3) is 3.43. The van der Waals surface area contributed by atoms with E-state index in [1.165, 1.54) is 12.3 Å². The molecule has 1 aromatic heterocycles. The Balaban J connectivity index is 1.95. The second kappa shape index (κ2) is 6.15. The van der Waals surface area contributed by atoms with Crippen molar-refractivity contribution in [3.8, 4) is 0 Å². The summed E-state index contributed by atoms with van der Waals surface area (Å²) < 4.78 is 13.0. The van der Waals surface area contributed by atoms with Crippen molar-refractivity contribution >= 4 is 29.0 Å². The van der Waals surface area contributed by atoms with Crippen molar-refractivity contribution in [1.82, 2.24) is 9.88 Å². The van der Waals surface area contributed by atoms with Crippen LogP contribution in [0.15, 0.2) is 18.5 Å². The smallest absolute Gasteiger partial charge is 0.141 e. The molecular weight excluding hydrogens is 281 g/mol. The van der Waals surface area contributed by atoms with Crippen LogP contribution in [-0.2, 0) is 6.54 Å². The van der Waals surface area contributed by atoms with E-state index >= 15 is 0 Å². The van der Waals surface area contributed by atoms with E-state index in [-0.39, 0.29) is 10.6 Å². The highest BCUT2D eigenvalue weighted by atomic mass is 32.2. The van der Waals surface area contributed by atoms with Gasteiger partial charge in [-0.25, -0.2) is 4.39 Å². The second-order valence-electron chi connectivity index (χ2n) is 4.85. The van der Waals surface area contributed by atoms with Crippen LogP contribution in [0, 0.1) is 5.82 Å². The van der Waals surface area contributed by atoms with Gasteiger partial charge in [-0.1, -0.05) is 12.2 Å². The maximum absolute atomic E-state index is 13.1. The molecule has 1 saturated heterocycles. The summed E-state index contributed by atoms with van der Waals surface area (Å²) in [6.07, 6.45) is 6.90. The molecule has 1 aliphatic rings. The Morgan fingerprint density at radius 3 is 2.74 bits per heavy atom. The minimum absolute atomic E-state index is 0.0635. The topological polar surface area (TPSA) is 42.1 Å². The number of nitrogens with zero attached hydrogens (tertiary/aromatic N) is 2. The molecule has 0 unspecified atom stereocenters. The number of thioether (sulfide) groups is 1. The molecule has 0 bridgehead atoms. The van der Waals surface area contributed by atoms with Gasteiger partial charge in [0, 0.05) is 25.8 Å². The molecule has 2 heterocycles. The van der Waals surface area contributed by atoms with Gasteiger partial charge >= 0.3 is 0 Å². The van der Waals surface area contributed by atoms with Gasteiger partial charge in [0.1, 0.15) is 5.82 Å². The van der Waals surface area contributed by atoms with Gasteiger partial charge in [0.2, 0.25) is 0 Å². The van der Waals surface area contributed by atoms with Crippen molar-refractivity contribution < 1.29 is 4.39 Å². The van der Waals surface area contributed by atoms with Crippen LogP contribution in [0.1, 0.15) is 18.4 Å². The molecule has 6 heteroatoms. The Labute approximate surface area is 122 Å². The number of piperidine rings is 1. The first kappa shape index (κ1) is 14.7. The molecular formula is C13H18FN3S2. The standard InChI is InChI=1S/C13H18FN3S2/c1-19-13(12(15)18)2-4-17(5-3-13)9-10-6-11(14)8-16-7-10/h6-8H,2-5,9H2,1H3,(H2,15,18). The van der Waals surface area contributed by atoms with Crippen molar-refractivity contribution in [2.45, 2.75) is 24.1 Å². The maximum atomic E-state index is 13.1. The van der Waals surface area contributed by atoms with Gasteiger partial charge < -0.3 is 5.73 Å². The third-order valence-corrected chi connectivity index (χ3v) is 5.60. The van der Waals surface area contributed by atoms with Crippen LogP contribution in [0.3, 0.4) is 0 Å². The van der Waals surface area contributed by atoms with Crippen molar-refractivity contribution in [1.29, 1.82) is 0 Å². The lowest BCUT2D eigenvalue weighted by Crippen LogP contribution is -2.48. The van der Waals surface area contributed by atoms with Gasteiger partial charge in [-0.05, 0) is 30.7 Å². The SMILES string of the molecule is CSC1(C(N)=S)CCN(Cc2cncc(F)c2)CC1. The van der Waals surface area contributed by atoms with E-state index < -0.39 is 0 Å². The lowest BCUT2D eigenvalue weighted by molar-refractivity contribution is 0.212. The average molecular weight is 299 g/mol. The van der Waals surface area contributed by atoms with E-state index in [4.69, 9.17) is 18.0 Å².